The second-order valence-corrected chi connectivity index (χ2v) is 5.30. The summed E-state index contributed by atoms with van der Waals surface area (Å²) in [6.45, 7) is 0. The molecule has 0 aromatic carbocycles. The molecule has 1 heterocycles. The van der Waals surface area contributed by atoms with Crippen LogP contribution in [0, 0.1) is 5.41 Å². The average molecular weight is 289 g/mol. The minimum absolute atomic E-state index is 0.347. The van der Waals surface area contributed by atoms with Gasteiger partial charge in [0, 0.05) is 24.9 Å². The van der Waals surface area contributed by atoms with Crippen LogP contribution in [0.3, 0.4) is 0 Å². The van der Waals surface area contributed by atoms with Crippen LogP contribution in [0.4, 0.5) is 17.3 Å². The number of nitrogens with one attached hydrogen (secondary N) is 3. The first-order valence-corrected chi connectivity index (χ1v) is 7.11. The number of nitrogens with zero attached hydrogens (tertiary/aromatic N) is 1. The van der Waals surface area contributed by atoms with Crippen molar-refractivity contribution >= 4 is 23.5 Å². The molecule has 0 aliphatic heterocycles. The van der Waals surface area contributed by atoms with Crippen molar-refractivity contribution in [1.82, 2.24) is 10.3 Å². The van der Waals surface area contributed by atoms with Gasteiger partial charge in [0.05, 0.1) is 5.69 Å². The molecule has 1 aliphatic rings. The van der Waals surface area contributed by atoms with Crippen molar-refractivity contribution in [1.29, 1.82) is 5.41 Å². The molecule has 0 atom stereocenters. The highest BCUT2D eigenvalue weighted by molar-refractivity contribution is 5.78. The SMILES string of the molecule is N=C/C(=C\NC1CCCC1)Cc1cc(N)nc(NN)c1N. The van der Waals surface area contributed by atoms with E-state index in [-0.39, 0.29) is 0 Å². The zero-order valence-electron chi connectivity index (χ0n) is 12.0. The van der Waals surface area contributed by atoms with Crippen LogP contribution in [-0.4, -0.2) is 17.2 Å². The summed E-state index contributed by atoms with van der Waals surface area (Å²) in [4.78, 5) is 4.02. The summed E-state index contributed by atoms with van der Waals surface area (Å²) in [5.41, 5.74) is 16.3. The largest absolute Gasteiger partial charge is 0.395 e. The molecule has 114 valence electrons. The van der Waals surface area contributed by atoms with E-state index in [9.17, 15) is 0 Å². The fraction of sp³-hybridized carbons (Fsp3) is 0.429. The number of nitrogen functional groups attached to an aromatic ring is 3. The summed E-state index contributed by atoms with van der Waals surface area (Å²) in [6, 6.07) is 2.23. The maximum atomic E-state index is 7.54. The fourth-order valence-corrected chi connectivity index (χ4v) is 2.57. The third-order valence-corrected chi connectivity index (χ3v) is 3.74. The molecule has 1 aromatic rings. The monoisotopic (exact) mass is 289 g/mol. The Kier molecular flexibility index (Phi) is 4.99. The lowest BCUT2D eigenvalue weighted by atomic mass is 10.1. The Balaban J connectivity index is 2.12. The minimum atomic E-state index is 0.347. The molecule has 2 rings (SSSR count). The van der Waals surface area contributed by atoms with Crippen LogP contribution in [0.5, 0.6) is 0 Å². The van der Waals surface area contributed by atoms with Crippen LogP contribution in [0.2, 0.25) is 0 Å². The molecule has 1 saturated carbocycles. The standard InChI is InChI=1S/C14H23N7/c15-7-9(8-19-11-3-1-2-4-11)5-10-6-12(16)20-14(21-18)13(10)17/h6-8,11,15,19H,1-5,17-18H2,(H3,16,20,21)/b9-8-,15-7?. The predicted molar refractivity (Wildman–Crippen MR) is 86.8 cm³/mol. The highest BCUT2D eigenvalue weighted by Crippen LogP contribution is 2.24. The molecule has 0 spiro atoms. The zero-order chi connectivity index (χ0) is 15.2. The van der Waals surface area contributed by atoms with Gasteiger partial charge in [-0.1, -0.05) is 12.8 Å². The molecule has 0 bridgehead atoms. The van der Waals surface area contributed by atoms with Crippen molar-refractivity contribution in [3.63, 3.8) is 0 Å². The van der Waals surface area contributed by atoms with E-state index in [4.69, 9.17) is 22.7 Å². The number of anilines is 3. The Labute approximate surface area is 124 Å². The lowest BCUT2D eigenvalue weighted by Gasteiger charge is -2.13. The molecular formula is C14H23N7. The van der Waals surface area contributed by atoms with Crippen molar-refractivity contribution in [3.05, 3.63) is 23.4 Å². The third kappa shape index (κ3) is 3.85. The van der Waals surface area contributed by atoms with E-state index in [0.717, 1.165) is 11.1 Å². The molecule has 0 unspecified atom stereocenters. The van der Waals surface area contributed by atoms with Crippen LogP contribution in [-0.2, 0) is 6.42 Å². The van der Waals surface area contributed by atoms with Gasteiger partial charge >= 0.3 is 0 Å². The number of rotatable bonds is 6. The molecule has 9 N–H and O–H groups in total. The summed E-state index contributed by atoms with van der Waals surface area (Å²) in [6.07, 6.45) is 8.65. The zero-order valence-corrected chi connectivity index (χ0v) is 12.0. The summed E-state index contributed by atoms with van der Waals surface area (Å²) < 4.78 is 0. The summed E-state index contributed by atoms with van der Waals surface area (Å²) in [5, 5.41) is 10.9. The Hall–Kier alpha value is -2.28. The van der Waals surface area contributed by atoms with Crippen LogP contribution in [0.25, 0.3) is 0 Å². The lowest BCUT2D eigenvalue weighted by molar-refractivity contribution is 0.606. The number of allylic oxidation sites excluding steroid dienone is 1. The van der Waals surface area contributed by atoms with E-state index in [1.54, 1.807) is 6.07 Å². The van der Waals surface area contributed by atoms with Gasteiger partial charge in [0.25, 0.3) is 0 Å². The van der Waals surface area contributed by atoms with Crippen LogP contribution >= 0.6 is 0 Å². The normalized spacial score (nSPS) is 16.0. The maximum absolute atomic E-state index is 7.54. The van der Waals surface area contributed by atoms with Crippen molar-refractivity contribution in [3.8, 4) is 0 Å². The number of hydrazine groups is 1. The number of pyridine rings is 1. The Morgan fingerprint density at radius 3 is 2.71 bits per heavy atom. The predicted octanol–water partition coefficient (Wildman–Crippen LogP) is 1.14. The molecule has 21 heavy (non-hydrogen) atoms. The highest BCUT2D eigenvalue weighted by Gasteiger charge is 2.13. The van der Waals surface area contributed by atoms with E-state index >= 15 is 0 Å². The average Bonchev–Trinajstić information content (AvgIpc) is 2.99. The third-order valence-electron chi connectivity index (χ3n) is 3.74. The van der Waals surface area contributed by atoms with Crippen molar-refractivity contribution in [2.45, 2.75) is 38.1 Å². The number of hydrogen-bond donors (Lipinski definition) is 6. The van der Waals surface area contributed by atoms with Crippen LogP contribution < -0.4 is 28.1 Å². The number of hydrogen-bond acceptors (Lipinski definition) is 7. The molecule has 7 heteroatoms. The smallest absolute Gasteiger partial charge is 0.165 e. The van der Waals surface area contributed by atoms with Gasteiger partial charge in [0.1, 0.15) is 5.82 Å². The fourth-order valence-electron chi connectivity index (χ4n) is 2.57. The number of aromatic nitrogens is 1. The quantitative estimate of drug-likeness (QED) is 0.264. The summed E-state index contributed by atoms with van der Waals surface area (Å²) in [7, 11) is 0. The first kappa shape index (κ1) is 15.1. The second-order valence-electron chi connectivity index (χ2n) is 5.30. The van der Waals surface area contributed by atoms with Gasteiger partial charge in [-0.25, -0.2) is 10.8 Å². The van der Waals surface area contributed by atoms with Gasteiger partial charge in [0.15, 0.2) is 5.82 Å². The van der Waals surface area contributed by atoms with Gasteiger partial charge in [-0.3, -0.25) is 0 Å². The van der Waals surface area contributed by atoms with Crippen molar-refractivity contribution in [2.24, 2.45) is 5.84 Å². The van der Waals surface area contributed by atoms with Gasteiger partial charge in [0.2, 0.25) is 0 Å². The van der Waals surface area contributed by atoms with Gasteiger partial charge in [-0.2, -0.15) is 0 Å². The lowest BCUT2D eigenvalue weighted by Crippen LogP contribution is -2.21. The van der Waals surface area contributed by atoms with E-state index in [1.807, 2.05) is 6.20 Å². The first-order valence-electron chi connectivity index (χ1n) is 7.11. The Morgan fingerprint density at radius 2 is 2.10 bits per heavy atom. The van der Waals surface area contributed by atoms with Crippen LogP contribution in [0.15, 0.2) is 17.8 Å². The molecule has 1 aromatic heterocycles. The Morgan fingerprint density at radius 1 is 1.38 bits per heavy atom. The number of nitrogens with two attached hydrogens (primary N) is 3. The van der Waals surface area contributed by atoms with Gasteiger partial charge in [-0.15, -0.1) is 0 Å². The van der Waals surface area contributed by atoms with Crippen molar-refractivity contribution < 1.29 is 0 Å². The molecule has 1 fully saturated rings. The van der Waals surface area contributed by atoms with E-state index in [0.29, 0.717) is 29.8 Å². The van der Waals surface area contributed by atoms with E-state index < -0.39 is 0 Å². The Bertz CT molecular complexity index is 532. The molecule has 0 saturated heterocycles. The van der Waals surface area contributed by atoms with E-state index in [1.165, 1.54) is 31.9 Å². The van der Waals surface area contributed by atoms with Crippen molar-refractivity contribution in [2.75, 3.05) is 16.9 Å². The van der Waals surface area contributed by atoms with Gasteiger partial charge < -0.3 is 27.6 Å². The van der Waals surface area contributed by atoms with E-state index in [2.05, 4.69) is 15.7 Å². The molecule has 7 nitrogen and oxygen atoms in total. The molecule has 0 radical (unpaired) electrons. The molecule has 0 amide bonds. The maximum Gasteiger partial charge on any atom is 0.165 e. The van der Waals surface area contributed by atoms with Crippen LogP contribution in [0.1, 0.15) is 31.2 Å². The summed E-state index contributed by atoms with van der Waals surface area (Å²) in [5.74, 6) is 6.08. The minimum Gasteiger partial charge on any atom is -0.395 e. The molecule has 1 aliphatic carbocycles. The van der Waals surface area contributed by atoms with Gasteiger partial charge in [-0.05, 0) is 30.0 Å². The highest BCUT2D eigenvalue weighted by atomic mass is 15.3. The summed E-state index contributed by atoms with van der Waals surface area (Å²) >= 11 is 0. The second kappa shape index (κ2) is 6.94. The topological polar surface area (TPSA) is 139 Å². The first-order chi connectivity index (χ1) is 10.1. The molecular weight excluding hydrogens is 266 g/mol.